The number of carbonyl (C=O) groups excluding carboxylic acids is 1. The molecule has 1 N–H and O–H groups in total. The van der Waals surface area contributed by atoms with E-state index in [4.69, 9.17) is 10.00 Å². The molecule has 18 heavy (non-hydrogen) atoms. The number of hydrogen-bond donors (Lipinski definition) is 1. The number of hydrogen-bond acceptors (Lipinski definition) is 3. The molecule has 0 fully saturated rings. The lowest BCUT2D eigenvalue weighted by atomic mass is 10.2. The van der Waals surface area contributed by atoms with Gasteiger partial charge in [-0.25, -0.2) is 0 Å². The Balaban J connectivity index is 2.55. The average Bonchev–Trinajstić information content (AvgIpc) is 2.39. The zero-order valence-corrected chi connectivity index (χ0v) is 10.5. The summed E-state index contributed by atoms with van der Waals surface area (Å²) in [5.74, 6) is -0.227. The average molecular weight is 244 g/mol. The molecule has 1 amide bonds. The number of anilines is 1. The first-order chi connectivity index (χ1) is 8.67. The van der Waals surface area contributed by atoms with Crippen LogP contribution in [0.15, 0.2) is 36.4 Å². The summed E-state index contributed by atoms with van der Waals surface area (Å²) in [7, 11) is 0. The van der Waals surface area contributed by atoms with Crippen LogP contribution in [-0.2, 0) is 9.53 Å². The van der Waals surface area contributed by atoms with Crippen molar-refractivity contribution < 1.29 is 9.53 Å². The summed E-state index contributed by atoms with van der Waals surface area (Å²) in [6, 6.07) is 8.78. The van der Waals surface area contributed by atoms with E-state index >= 15 is 0 Å². The largest absolute Gasteiger partial charge is 0.365 e. The minimum atomic E-state index is -0.535. The number of benzene rings is 1. The molecule has 1 rings (SSSR count). The number of nitrogens with zero attached hydrogens (tertiary/aromatic N) is 1. The molecule has 1 unspecified atom stereocenters. The minimum absolute atomic E-state index is 0.227. The molecule has 0 heterocycles. The van der Waals surface area contributed by atoms with Crippen molar-refractivity contribution in [3.05, 3.63) is 42.0 Å². The first-order valence-electron chi connectivity index (χ1n) is 5.71. The third-order valence-corrected chi connectivity index (χ3v) is 2.31. The molecule has 0 aliphatic rings. The fourth-order valence-corrected chi connectivity index (χ4v) is 1.28. The molecule has 1 aromatic carbocycles. The molecule has 4 heteroatoms. The van der Waals surface area contributed by atoms with E-state index in [2.05, 4.69) is 5.32 Å². The highest BCUT2D eigenvalue weighted by Gasteiger charge is 2.12. The zero-order chi connectivity index (χ0) is 13.4. The van der Waals surface area contributed by atoms with Gasteiger partial charge in [-0.1, -0.05) is 18.2 Å². The Morgan fingerprint density at radius 3 is 3.06 bits per heavy atom. The van der Waals surface area contributed by atoms with Gasteiger partial charge in [-0.2, -0.15) is 5.26 Å². The van der Waals surface area contributed by atoms with E-state index in [0.717, 1.165) is 0 Å². The van der Waals surface area contributed by atoms with E-state index < -0.39 is 6.10 Å². The molecule has 0 aromatic heterocycles. The van der Waals surface area contributed by atoms with E-state index in [1.165, 1.54) is 0 Å². The molecule has 0 bridgehead atoms. The second kappa shape index (κ2) is 7.25. The van der Waals surface area contributed by atoms with Gasteiger partial charge in [0.05, 0.1) is 18.2 Å². The van der Waals surface area contributed by atoms with Gasteiger partial charge in [0.15, 0.2) is 0 Å². The Hall–Kier alpha value is -2.12. The molecule has 0 radical (unpaired) electrons. The van der Waals surface area contributed by atoms with Crippen LogP contribution in [0.4, 0.5) is 5.69 Å². The molecule has 0 spiro atoms. The number of nitrogens with one attached hydrogen (secondary N) is 1. The maximum Gasteiger partial charge on any atom is 0.253 e. The van der Waals surface area contributed by atoms with Gasteiger partial charge in [0.2, 0.25) is 0 Å². The second-order valence-electron chi connectivity index (χ2n) is 3.73. The smallest absolute Gasteiger partial charge is 0.253 e. The fourth-order valence-electron chi connectivity index (χ4n) is 1.28. The molecule has 0 aliphatic heterocycles. The van der Waals surface area contributed by atoms with E-state index in [1.807, 2.05) is 25.1 Å². The van der Waals surface area contributed by atoms with Crippen LogP contribution in [0.25, 0.3) is 0 Å². The van der Waals surface area contributed by atoms with Crippen molar-refractivity contribution in [2.24, 2.45) is 0 Å². The van der Waals surface area contributed by atoms with Crippen LogP contribution < -0.4 is 5.32 Å². The van der Waals surface area contributed by atoms with Crippen LogP contribution >= 0.6 is 0 Å². The number of nitriles is 1. The van der Waals surface area contributed by atoms with Crippen LogP contribution in [0.3, 0.4) is 0 Å². The monoisotopic (exact) mass is 244 g/mol. The molecular formula is C14H16N2O2. The first kappa shape index (κ1) is 13.9. The Morgan fingerprint density at radius 2 is 2.39 bits per heavy atom. The molecule has 0 aliphatic carbocycles. The standard InChI is InChI=1S/C14H16N2O2/c1-3-4-8-18-11(2)14(17)16-13-7-5-6-12(9-13)10-15/h3-7,9,11H,8H2,1-2H3,(H,16,17). The summed E-state index contributed by atoms with van der Waals surface area (Å²) in [5.41, 5.74) is 1.11. The van der Waals surface area contributed by atoms with Crippen LogP contribution in [0.1, 0.15) is 19.4 Å². The highest BCUT2D eigenvalue weighted by atomic mass is 16.5. The maximum atomic E-state index is 11.8. The van der Waals surface area contributed by atoms with Gasteiger partial charge < -0.3 is 10.1 Å². The SMILES string of the molecule is CC=CCOC(C)C(=O)Nc1cccc(C#N)c1. The first-order valence-corrected chi connectivity index (χ1v) is 5.71. The third kappa shape index (κ3) is 4.40. The summed E-state index contributed by atoms with van der Waals surface area (Å²) in [5, 5.41) is 11.5. The zero-order valence-electron chi connectivity index (χ0n) is 10.5. The van der Waals surface area contributed by atoms with Crippen molar-refractivity contribution in [3.8, 4) is 6.07 Å². The Kier molecular flexibility index (Phi) is 5.62. The lowest BCUT2D eigenvalue weighted by Crippen LogP contribution is -2.27. The number of carbonyl (C=O) groups is 1. The Morgan fingerprint density at radius 1 is 1.61 bits per heavy atom. The summed E-state index contributed by atoms with van der Waals surface area (Å²) < 4.78 is 5.31. The Bertz CT molecular complexity index is 475. The lowest BCUT2D eigenvalue weighted by Gasteiger charge is -2.12. The van der Waals surface area contributed by atoms with Gasteiger partial charge in [-0.3, -0.25) is 4.79 Å². The van der Waals surface area contributed by atoms with Crippen LogP contribution in [0.5, 0.6) is 0 Å². The van der Waals surface area contributed by atoms with E-state index in [0.29, 0.717) is 17.9 Å². The number of ether oxygens (including phenoxy) is 1. The number of amides is 1. The van der Waals surface area contributed by atoms with E-state index in [1.54, 1.807) is 31.2 Å². The summed E-state index contributed by atoms with van der Waals surface area (Å²) in [4.78, 5) is 11.8. The van der Waals surface area contributed by atoms with Gasteiger partial charge >= 0.3 is 0 Å². The van der Waals surface area contributed by atoms with E-state index in [9.17, 15) is 4.79 Å². The van der Waals surface area contributed by atoms with Gasteiger partial charge in [0.1, 0.15) is 6.10 Å². The molecule has 1 aromatic rings. The van der Waals surface area contributed by atoms with Crippen molar-refractivity contribution >= 4 is 11.6 Å². The molecule has 4 nitrogen and oxygen atoms in total. The normalized spacial score (nSPS) is 12.1. The van der Waals surface area contributed by atoms with Crippen LogP contribution in [-0.4, -0.2) is 18.6 Å². The topological polar surface area (TPSA) is 62.1 Å². The predicted molar refractivity (Wildman–Crippen MR) is 70.0 cm³/mol. The molecule has 0 saturated carbocycles. The van der Waals surface area contributed by atoms with Crippen LogP contribution in [0.2, 0.25) is 0 Å². The summed E-state index contributed by atoms with van der Waals surface area (Å²) in [6.07, 6.45) is 3.16. The van der Waals surface area contributed by atoms with Crippen molar-refractivity contribution in [2.75, 3.05) is 11.9 Å². The van der Waals surface area contributed by atoms with Crippen molar-refractivity contribution in [3.63, 3.8) is 0 Å². The van der Waals surface area contributed by atoms with E-state index in [-0.39, 0.29) is 5.91 Å². The minimum Gasteiger partial charge on any atom is -0.365 e. The van der Waals surface area contributed by atoms with Gasteiger partial charge in [-0.15, -0.1) is 0 Å². The quantitative estimate of drug-likeness (QED) is 0.809. The molecular weight excluding hydrogens is 228 g/mol. The summed E-state index contributed by atoms with van der Waals surface area (Å²) in [6.45, 7) is 3.98. The summed E-state index contributed by atoms with van der Waals surface area (Å²) >= 11 is 0. The Labute approximate surface area is 107 Å². The molecule has 94 valence electrons. The van der Waals surface area contributed by atoms with Gasteiger partial charge in [0, 0.05) is 5.69 Å². The maximum absolute atomic E-state index is 11.8. The third-order valence-electron chi connectivity index (χ3n) is 2.31. The number of allylic oxidation sites excluding steroid dienone is 1. The highest BCUT2D eigenvalue weighted by molar-refractivity contribution is 5.94. The lowest BCUT2D eigenvalue weighted by molar-refractivity contribution is -0.125. The van der Waals surface area contributed by atoms with Gasteiger partial charge in [0.25, 0.3) is 5.91 Å². The molecule has 0 saturated heterocycles. The van der Waals surface area contributed by atoms with Crippen LogP contribution in [0, 0.1) is 11.3 Å². The van der Waals surface area contributed by atoms with Crippen molar-refractivity contribution in [1.82, 2.24) is 0 Å². The van der Waals surface area contributed by atoms with Gasteiger partial charge in [-0.05, 0) is 32.0 Å². The second-order valence-corrected chi connectivity index (χ2v) is 3.73. The van der Waals surface area contributed by atoms with Crippen molar-refractivity contribution in [1.29, 1.82) is 5.26 Å². The predicted octanol–water partition coefficient (Wildman–Crippen LogP) is 2.48. The van der Waals surface area contributed by atoms with Crippen molar-refractivity contribution in [2.45, 2.75) is 20.0 Å². The number of rotatable bonds is 5. The molecule has 1 atom stereocenters. The highest BCUT2D eigenvalue weighted by Crippen LogP contribution is 2.10. The fraction of sp³-hybridized carbons (Fsp3) is 0.286.